The smallest absolute Gasteiger partial charge is 0.310 e. The number of carbonyl (C=O) groups excluding carboxylic acids is 2. The summed E-state index contributed by atoms with van der Waals surface area (Å²) in [5.74, 6) is 0.328. The minimum absolute atomic E-state index is 0.179. The van der Waals surface area contributed by atoms with E-state index < -0.39 is 11.8 Å². The number of esters is 1. The molecule has 1 aliphatic carbocycles. The number of hydrogen-bond donors (Lipinski definition) is 1. The van der Waals surface area contributed by atoms with E-state index in [-0.39, 0.29) is 18.7 Å². The number of aliphatic hydroxyl groups is 1. The van der Waals surface area contributed by atoms with Gasteiger partial charge in [0.05, 0.1) is 24.2 Å². The van der Waals surface area contributed by atoms with E-state index in [0.717, 1.165) is 57.6 Å². The fourth-order valence-corrected chi connectivity index (χ4v) is 5.97. The second-order valence-electron chi connectivity index (χ2n) is 10.2. The van der Waals surface area contributed by atoms with Crippen molar-refractivity contribution in [3.8, 4) is 22.2 Å². The topological polar surface area (TPSA) is 108 Å². The Kier molecular flexibility index (Phi) is 10.1. The quantitative estimate of drug-likeness (QED) is 0.187. The second-order valence-corrected chi connectivity index (χ2v) is 11.1. The maximum atomic E-state index is 12.9. The molecule has 0 spiro atoms. The summed E-state index contributed by atoms with van der Waals surface area (Å²) in [4.78, 5) is 34.6. The maximum Gasteiger partial charge on any atom is 0.310 e. The van der Waals surface area contributed by atoms with Gasteiger partial charge in [0.1, 0.15) is 41.2 Å². The van der Waals surface area contributed by atoms with E-state index in [1.807, 2.05) is 55.5 Å². The van der Waals surface area contributed by atoms with Gasteiger partial charge in [-0.05, 0) is 43.4 Å². The van der Waals surface area contributed by atoms with Gasteiger partial charge in [-0.2, -0.15) is 0 Å². The second kappa shape index (κ2) is 13.7. The number of aldehydes is 1. The standard InChI is InChI=1S/C31H32N2O5S.CH4O/c1-18(2)26-17-39-30(33-26)25-14-28(23-10-11-27(36-4)19(3)29(23)32-25)38-22-12-21(15-34)24(13-22)31(35)37-16-20-8-6-5-7-9-20;1-2/h5-11,14-15,17-18,21-22,24H,12-13,16H2,1-4H3;2H,1H3/t21-,22+,24+;/m0./s1. The van der Waals surface area contributed by atoms with Gasteiger partial charge >= 0.3 is 5.97 Å². The molecule has 3 atom stereocenters. The van der Waals surface area contributed by atoms with E-state index in [0.29, 0.717) is 24.5 Å². The lowest BCUT2D eigenvalue weighted by atomic mass is 9.98. The van der Waals surface area contributed by atoms with Crippen LogP contribution < -0.4 is 9.47 Å². The Labute approximate surface area is 244 Å². The van der Waals surface area contributed by atoms with Crippen LogP contribution in [0.15, 0.2) is 53.9 Å². The van der Waals surface area contributed by atoms with Gasteiger partial charge in [-0.15, -0.1) is 11.3 Å². The summed E-state index contributed by atoms with van der Waals surface area (Å²) in [5, 5.41) is 10.7. The number of aromatic nitrogens is 2. The Hall–Kier alpha value is -3.82. The largest absolute Gasteiger partial charge is 0.496 e. The molecule has 0 radical (unpaired) electrons. The minimum Gasteiger partial charge on any atom is -0.496 e. The molecule has 0 saturated heterocycles. The maximum absolute atomic E-state index is 12.9. The molecule has 1 fully saturated rings. The van der Waals surface area contributed by atoms with Crippen LogP contribution >= 0.6 is 11.3 Å². The van der Waals surface area contributed by atoms with Crippen LogP contribution in [-0.4, -0.2) is 47.7 Å². The first-order chi connectivity index (χ1) is 19.9. The predicted molar refractivity (Wildman–Crippen MR) is 159 cm³/mol. The molecule has 5 rings (SSSR count). The van der Waals surface area contributed by atoms with E-state index >= 15 is 0 Å². The van der Waals surface area contributed by atoms with E-state index in [2.05, 4.69) is 19.2 Å². The lowest BCUT2D eigenvalue weighted by Crippen LogP contribution is -2.22. The summed E-state index contributed by atoms with van der Waals surface area (Å²) in [5.41, 5.74) is 4.32. The van der Waals surface area contributed by atoms with Crippen LogP contribution in [0.5, 0.6) is 11.5 Å². The van der Waals surface area contributed by atoms with Gasteiger partial charge in [-0.1, -0.05) is 44.2 Å². The van der Waals surface area contributed by atoms with Gasteiger partial charge < -0.3 is 24.1 Å². The highest BCUT2D eigenvalue weighted by atomic mass is 32.1. The van der Waals surface area contributed by atoms with Crippen LogP contribution in [0, 0.1) is 18.8 Å². The van der Waals surface area contributed by atoms with Crippen molar-refractivity contribution in [3.63, 3.8) is 0 Å². The molecular weight excluding hydrogens is 540 g/mol. The van der Waals surface area contributed by atoms with E-state index in [9.17, 15) is 9.59 Å². The van der Waals surface area contributed by atoms with Gasteiger partial charge in [0.2, 0.25) is 0 Å². The molecule has 0 amide bonds. The number of thiazole rings is 1. The highest BCUT2D eigenvalue weighted by molar-refractivity contribution is 7.13. The van der Waals surface area contributed by atoms with Crippen molar-refractivity contribution in [3.05, 3.63) is 70.7 Å². The minimum atomic E-state index is -0.543. The van der Waals surface area contributed by atoms with Crippen LogP contribution in [0.25, 0.3) is 21.6 Å². The van der Waals surface area contributed by atoms with Crippen LogP contribution in [0.4, 0.5) is 0 Å². The van der Waals surface area contributed by atoms with Crippen molar-refractivity contribution in [2.45, 2.75) is 52.2 Å². The van der Waals surface area contributed by atoms with E-state index in [4.69, 9.17) is 29.3 Å². The predicted octanol–water partition coefficient (Wildman–Crippen LogP) is 6.12. The van der Waals surface area contributed by atoms with Gasteiger partial charge in [0.15, 0.2) is 0 Å². The zero-order valence-electron chi connectivity index (χ0n) is 24.0. The third-order valence-electron chi connectivity index (χ3n) is 7.26. The molecule has 2 heterocycles. The lowest BCUT2D eigenvalue weighted by molar-refractivity contribution is -0.152. The Morgan fingerprint density at radius 2 is 1.85 bits per heavy atom. The summed E-state index contributed by atoms with van der Waals surface area (Å²) < 4.78 is 17.7. The molecule has 9 heteroatoms. The fourth-order valence-electron chi connectivity index (χ4n) is 5.03. The average Bonchev–Trinajstić information content (AvgIpc) is 3.66. The number of carbonyl (C=O) groups is 2. The Morgan fingerprint density at radius 1 is 1.10 bits per heavy atom. The molecule has 0 aliphatic heterocycles. The van der Waals surface area contributed by atoms with Crippen LogP contribution in [0.1, 0.15) is 49.4 Å². The zero-order chi connectivity index (χ0) is 29.5. The SMILES string of the molecule is CO.COc1ccc2c(O[C@@H]3C[C@@H](C=O)[C@H](C(=O)OCc4ccccc4)C3)cc(-c3nc(C(C)C)cs3)nc2c1C. The fraction of sp³-hybridized carbons (Fsp3) is 0.375. The molecule has 1 N–H and O–H groups in total. The highest BCUT2D eigenvalue weighted by Gasteiger charge is 2.41. The molecule has 4 aromatic rings. The number of aliphatic hydroxyl groups excluding tert-OH is 1. The summed E-state index contributed by atoms with van der Waals surface area (Å²) in [6.45, 7) is 6.38. The summed E-state index contributed by atoms with van der Waals surface area (Å²) >= 11 is 1.55. The first kappa shape index (κ1) is 30.1. The number of fused-ring (bicyclic) bond motifs is 1. The molecule has 2 aromatic carbocycles. The third kappa shape index (κ3) is 6.74. The monoisotopic (exact) mass is 576 g/mol. The number of rotatable bonds is 9. The van der Waals surface area contributed by atoms with Gasteiger partial charge in [0.25, 0.3) is 0 Å². The number of aryl methyl sites for hydroxylation is 1. The van der Waals surface area contributed by atoms with Crippen molar-refractivity contribution in [2.75, 3.05) is 14.2 Å². The first-order valence-electron chi connectivity index (χ1n) is 13.6. The summed E-state index contributed by atoms with van der Waals surface area (Å²) in [6.07, 6.45) is 1.38. The molecule has 8 nitrogen and oxygen atoms in total. The number of pyridine rings is 1. The molecule has 41 heavy (non-hydrogen) atoms. The molecule has 1 saturated carbocycles. The van der Waals surface area contributed by atoms with Gasteiger partial charge in [-0.25, -0.2) is 9.97 Å². The summed E-state index contributed by atoms with van der Waals surface area (Å²) in [7, 11) is 2.64. The van der Waals surface area contributed by atoms with Crippen molar-refractivity contribution in [2.24, 2.45) is 11.8 Å². The number of benzene rings is 2. The van der Waals surface area contributed by atoms with Gasteiger partial charge in [-0.3, -0.25) is 4.79 Å². The van der Waals surface area contributed by atoms with Crippen molar-refractivity contribution in [1.29, 1.82) is 0 Å². The van der Waals surface area contributed by atoms with Crippen molar-refractivity contribution >= 4 is 34.5 Å². The number of ether oxygens (including phenoxy) is 3. The number of methoxy groups -OCH3 is 1. The molecule has 1 aliphatic rings. The Morgan fingerprint density at radius 3 is 2.51 bits per heavy atom. The van der Waals surface area contributed by atoms with Crippen molar-refractivity contribution in [1.82, 2.24) is 9.97 Å². The van der Waals surface area contributed by atoms with E-state index in [1.165, 1.54) is 0 Å². The number of nitrogens with zero attached hydrogens (tertiary/aromatic N) is 2. The average molecular weight is 577 g/mol. The van der Waals surface area contributed by atoms with Crippen LogP contribution in [0.2, 0.25) is 0 Å². The molecular formula is C32H36N2O6S. The first-order valence-corrected chi connectivity index (χ1v) is 14.5. The lowest BCUT2D eigenvalue weighted by Gasteiger charge is -2.18. The molecule has 0 bridgehead atoms. The summed E-state index contributed by atoms with van der Waals surface area (Å²) in [6, 6.07) is 15.3. The highest BCUT2D eigenvalue weighted by Crippen LogP contribution is 2.40. The van der Waals surface area contributed by atoms with Crippen molar-refractivity contribution < 1.29 is 28.9 Å². The van der Waals surface area contributed by atoms with Gasteiger partial charge in [0, 0.05) is 35.4 Å². The Bertz CT molecular complexity index is 1490. The molecule has 0 unspecified atom stereocenters. The van der Waals surface area contributed by atoms with Crippen LogP contribution in [0.3, 0.4) is 0 Å². The molecule has 2 aromatic heterocycles. The Balaban J connectivity index is 0.00000189. The number of hydrogen-bond acceptors (Lipinski definition) is 9. The third-order valence-corrected chi connectivity index (χ3v) is 8.15. The normalized spacial score (nSPS) is 18.1. The van der Waals surface area contributed by atoms with Crippen LogP contribution in [-0.2, 0) is 20.9 Å². The van der Waals surface area contributed by atoms with E-state index in [1.54, 1.807) is 18.4 Å². The molecule has 216 valence electrons. The zero-order valence-corrected chi connectivity index (χ0v) is 24.8.